The minimum atomic E-state index is -0.672. The lowest BCUT2D eigenvalue weighted by Gasteiger charge is -2.26. The predicted molar refractivity (Wildman–Crippen MR) is 199 cm³/mol. The molecular formula is C40H51N5O3S. The summed E-state index contributed by atoms with van der Waals surface area (Å²) in [6.07, 6.45) is 11.1. The molecule has 1 fully saturated rings. The van der Waals surface area contributed by atoms with Gasteiger partial charge in [-0.25, -0.2) is 9.97 Å². The minimum Gasteiger partial charge on any atom is -0.494 e. The van der Waals surface area contributed by atoms with Gasteiger partial charge in [0.05, 0.1) is 11.5 Å². The number of nitrogens with zero attached hydrogens (tertiary/aromatic N) is 3. The van der Waals surface area contributed by atoms with Gasteiger partial charge in [-0.05, 0) is 60.2 Å². The Labute approximate surface area is 295 Å². The Morgan fingerprint density at radius 3 is 2.29 bits per heavy atom. The van der Waals surface area contributed by atoms with Crippen LogP contribution in [0.5, 0.6) is 5.75 Å². The Bertz CT molecular complexity index is 1620. The number of amides is 2. The zero-order valence-electron chi connectivity index (χ0n) is 29.5. The fraction of sp³-hybridized carbons (Fsp3) is 0.450. The number of benzene rings is 2. The Balaban J connectivity index is 1.22. The number of hydrogen-bond donors (Lipinski definition) is 2. The highest BCUT2D eigenvalue weighted by Crippen LogP contribution is 2.30. The number of ether oxygens (including phenoxy) is 1. The van der Waals surface area contributed by atoms with Crippen molar-refractivity contribution in [2.75, 3.05) is 32.8 Å². The van der Waals surface area contributed by atoms with Crippen LogP contribution in [0.3, 0.4) is 0 Å². The third-order valence-electron chi connectivity index (χ3n) is 8.83. The number of thiophene rings is 1. The molecule has 1 unspecified atom stereocenters. The second-order valence-corrected chi connectivity index (χ2v) is 14.9. The van der Waals surface area contributed by atoms with E-state index in [2.05, 4.69) is 48.3 Å². The monoisotopic (exact) mass is 681 g/mol. The molecule has 1 atom stereocenters. The van der Waals surface area contributed by atoms with Gasteiger partial charge in [0.15, 0.2) is 5.82 Å². The summed E-state index contributed by atoms with van der Waals surface area (Å²) in [4.78, 5) is 40.1. The first-order valence-electron chi connectivity index (χ1n) is 17.8. The molecule has 8 nitrogen and oxygen atoms in total. The molecule has 0 aliphatic carbocycles. The fourth-order valence-corrected chi connectivity index (χ4v) is 6.84. The van der Waals surface area contributed by atoms with Crippen molar-refractivity contribution in [2.45, 2.75) is 84.1 Å². The van der Waals surface area contributed by atoms with E-state index in [-0.39, 0.29) is 17.2 Å². The van der Waals surface area contributed by atoms with Gasteiger partial charge in [-0.1, -0.05) is 89.8 Å². The van der Waals surface area contributed by atoms with E-state index in [4.69, 9.17) is 4.74 Å². The summed E-state index contributed by atoms with van der Waals surface area (Å²) in [7, 11) is 0. The highest BCUT2D eigenvalue weighted by atomic mass is 32.1. The lowest BCUT2D eigenvalue weighted by molar-refractivity contribution is -0.133. The van der Waals surface area contributed by atoms with Crippen LogP contribution in [0.4, 0.5) is 0 Å². The summed E-state index contributed by atoms with van der Waals surface area (Å²) in [6.45, 7) is 12.3. The minimum absolute atomic E-state index is 0.0447. The van der Waals surface area contributed by atoms with Crippen molar-refractivity contribution in [3.63, 3.8) is 0 Å². The van der Waals surface area contributed by atoms with Crippen LogP contribution in [0.1, 0.15) is 86.3 Å². The van der Waals surface area contributed by atoms with Crippen molar-refractivity contribution in [1.82, 2.24) is 25.5 Å². The van der Waals surface area contributed by atoms with Gasteiger partial charge in [0, 0.05) is 54.5 Å². The molecule has 49 heavy (non-hydrogen) atoms. The van der Waals surface area contributed by atoms with E-state index in [0.29, 0.717) is 30.2 Å². The second kappa shape index (κ2) is 17.5. The summed E-state index contributed by atoms with van der Waals surface area (Å²) in [5.41, 5.74) is 3.77. The Kier molecular flexibility index (Phi) is 13.0. The van der Waals surface area contributed by atoms with Gasteiger partial charge >= 0.3 is 0 Å². The predicted octanol–water partition coefficient (Wildman–Crippen LogP) is 7.68. The molecule has 2 N–H and O–H groups in total. The van der Waals surface area contributed by atoms with Gasteiger partial charge in [0.25, 0.3) is 5.91 Å². The number of nitrogens with one attached hydrogen (secondary N) is 2. The van der Waals surface area contributed by atoms with Crippen LogP contribution in [0.25, 0.3) is 22.5 Å². The van der Waals surface area contributed by atoms with E-state index in [0.717, 1.165) is 65.4 Å². The highest BCUT2D eigenvalue weighted by molar-refractivity contribution is 7.14. The van der Waals surface area contributed by atoms with Crippen molar-refractivity contribution in [1.29, 1.82) is 0 Å². The molecule has 3 heterocycles. The average molecular weight is 682 g/mol. The zero-order chi connectivity index (χ0) is 34.6. The molecule has 4 aromatic rings. The molecule has 0 bridgehead atoms. The van der Waals surface area contributed by atoms with Gasteiger partial charge in [-0.2, -0.15) is 0 Å². The summed E-state index contributed by atoms with van der Waals surface area (Å²) in [5.74, 6) is 1.25. The molecular weight excluding hydrogens is 631 g/mol. The van der Waals surface area contributed by atoms with E-state index in [1.54, 1.807) is 0 Å². The molecule has 9 heteroatoms. The normalized spacial score (nSPS) is 14.2. The number of carbonyl (C=O) groups excluding carboxylic acids is 2. The Morgan fingerprint density at radius 1 is 0.878 bits per heavy atom. The molecule has 0 saturated carbocycles. The van der Waals surface area contributed by atoms with Crippen molar-refractivity contribution < 1.29 is 14.3 Å². The van der Waals surface area contributed by atoms with E-state index >= 15 is 0 Å². The van der Waals surface area contributed by atoms with Crippen molar-refractivity contribution in [3.05, 3.63) is 88.4 Å². The van der Waals surface area contributed by atoms with Crippen molar-refractivity contribution in [3.8, 4) is 28.3 Å². The Hall–Kier alpha value is -4.08. The summed E-state index contributed by atoms with van der Waals surface area (Å²) in [6, 6.07) is 19.2. The van der Waals surface area contributed by atoms with Crippen LogP contribution >= 0.6 is 11.3 Å². The first-order valence-corrected chi connectivity index (χ1v) is 18.6. The van der Waals surface area contributed by atoms with E-state index < -0.39 is 6.04 Å². The fourth-order valence-electron chi connectivity index (χ4n) is 5.87. The molecule has 5 rings (SSSR count). The number of hydrogen-bond acceptors (Lipinski definition) is 7. The smallest absolute Gasteiger partial charge is 0.262 e. The third kappa shape index (κ3) is 10.5. The van der Waals surface area contributed by atoms with E-state index in [9.17, 15) is 9.59 Å². The first-order chi connectivity index (χ1) is 23.7. The topological polar surface area (TPSA) is 96.4 Å². The van der Waals surface area contributed by atoms with Crippen LogP contribution in [-0.4, -0.2) is 65.5 Å². The maximum Gasteiger partial charge on any atom is 0.262 e. The van der Waals surface area contributed by atoms with Crippen LogP contribution in [0.2, 0.25) is 0 Å². The standard InChI is InChI=1S/C40H51N5O3S/c1-5-6-7-8-9-25-48-33-17-15-30(16-18-33)32-27-42-37(43-28-32)31-13-11-29(12-14-31)26-34(39(47)45-23-10-21-41-22-24-45)44-38(46)35-19-20-36(49-35)40(2,3)4/h11-20,27-28,34,41H,5-10,21-26H2,1-4H3,(H,44,46). The largest absolute Gasteiger partial charge is 0.494 e. The maximum absolute atomic E-state index is 13.8. The summed E-state index contributed by atoms with van der Waals surface area (Å²) < 4.78 is 5.91. The molecule has 2 aromatic carbocycles. The van der Waals surface area contributed by atoms with Gasteiger partial charge in [-0.3, -0.25) is 9.59 Å². The lowest BCUT2D eigenvalue weighted by atomic mass is 9.95. The average Bonchev–Trinajstić information content (AvgIpc) is 3.48. The van der Waals surface area contributed by atoms with E-state index in [1.165, 1.54) is 37.0 Å². The van der Waals surface area contributed by atoms with Gasteiger partial charge in [-0.15, -0.1) is 11.3 Å². The number of aromatic nitrogens is 2. The Morgan fingerprint density at radius 2 is 1.59 bits per heavy atom. The molecule has 260 valence electrons. The van der Waals surface area contributed by atoms with Crippen molar-refractivity contribution in [2.24, 2.45) is 0 Å². The molecule has 0 radical (unpaired) electrons. The number of rotatable bonds is 14. The molecule has 2 amide bonds. The van der Waals surface area contributed by atoms with Gasteiger partial charge in [0.2, 0.25) is 5.91 Å². The summed E-state index contributed by atoms with van der Waals surface area (Å²) in [5, 5.41) is 6.44. The number of unbranched alkanes of at least 4 members (excludes halogenated alkanes) is 4. The SMILES string of the molecule is CCCCCCCOc1ccc(-c2cnc(-c3ccc(CC(NC(=O)c4ccc(C(C)(C)C)s4)C(=O)N4CCCNCC4)cc3)nc2)cc1. The second-order valence-electron chi connectivity index (χ2n) is 13.9. The van der Waals surface area contributed by atoms with Crippen LogP contribution in [0, 0.1) is 0 Å². The summed E-state index contributed by atoms with van der Waals surface area (Å²) >= 11 is 1.49. The molecule has 1 aliphatic rings. The first kappa shape index (κ1) is 36.2. The molecule has 1 aliphatic heterocycles. The van der Waals surface area contributed by atoms with Crippen LogP contribution in [0.15, 0.2) is 73.1 Å². The van der Waals surface area contributed by atoms with Crippen molar-refractivity contribution >= 4 is 23.2 Å². The maximum atomic E-state index is 13.8. The van der Waals surface area contributed by atoms with E-state index in [1.807, 2.05) is 78.0 Å². The molecule has 0 spiro atoms. The molecule has 1 saturated heterocycles. The number of carbonyl (C=O) groups is 2. The van der Waals surface area contributed by atoms with Crippen LogP contribution in [-0.2, 0) is 16.6 Å². The molecule has 2 aromatic heterocycles. The van der Waals surface area contributed by atoms with Crippen LogP contribution < -0.4 is 15.4 Å². The van der Waals surface area contributed by atoms with Gasteiger partial charge in [0.1, 0.15) is 11.8 Å². The highest BCUT2D eigenvalue weighted by Gasteiger charge is 2.28. The lowest BCUT2D eigenvalue weighted by Crippen LogP contribution is -2.50. The zero-order valence-corrected chi connectivity index (χ0v) is 30.3. The van der Waals surface area contributed by atoms with Gasteiger partial charge < -0.3 is 20.3 Å². The third-order valence-corrected chi connectivity index (χ3v) is 10.3. The quantitative estimate of drug-likeness (QED) is 0.133.